The Morgan fingerprint density at radius 1 is 1.44 bits per heavy atom. The van der Waals surface area contributed by atoms with E-state index in [0.717, 1.165) is 17.7 Å². The third kappa shape index (κ3) is 2.90. The normalized spacial score (nSPS) is 10.3. The maximum atomic E-state index is 12.0. The number of amides is 1. The molecule has 1 amide bonds. The molecule has 0 saturated heterocycles. The quantitative estimate of drug-likeness (QED) is 0.833. The standard InChI is InChI=1S/C13H14ClN3O/c1-2-11-7-12(17-16-11)15-13(18)10-5-3-4-9(6-10)8-14/h3-7H,2,8H2,1H3,(H2,15,16,17,18). The first-order chi connectivity index (χ1) is 8.72. The van der Waals surface area contributed by atoms with E-state index in [-0.39, 0.29) is 5.91 Å². The summed E-state index contributed by atoms with van der Waals surface area (Å²) in [6.45, 7) is 2.02. The molecule has 0 atom stereocenters. The van der Waals surface area contributed by atoms with Crippen molar-refractivity contribution in [2.24, 2.45) is 0 Å². The van der Waals surface area contributed by atoms with E-state index in [1.54, 1.807) is 12.1 Å². The van der Waals surface area contributed by atoms with Gasteiger partial charge in [-0.2, -0.15) is 5.10 Å². The van der Waals surface area contributed by atoms with Crippen molar-refractivity contribution in [1.29, 1.82) is 0 Å². The van der Waals surface area contributed by atoms with Crippen LogP contribution >= 0.6 is 11.6 Å². The summed E-state index contributed by atoms with van der Waals surface area (Å²) >= 11 is 5.74. The van der Waals surface area contributed by atoms with Crippen LogP contribution in [0.2, 0.25) is 0 Å². The van der Waals surface area contributed by atoms with Crippen LogP contribution in [-0.2, 0) is 12.3 Å². The molecule has 0 spiro atoms. The molecule has 0 aliphatic rings. The van der Waals surface area contributed by atoms with Gasteiger partial charge in [0.15, 0.2) is 5.82 Å². The third-order valence-corrected chi connectivity index (χ3v) is 2.91. The topological polar surface area (TPSA) is 57.8 Å². The van der Waals surface area contributed by atoms with Gasteiger partial charge in [0.2, 0.25) is 0 Å². The number of H-pyrrole nitrogens is 1. The fraction of sp³-hybridized carbons (Fsp3) is 0.231. The number of hydrogen-bond donors (Lipinski definition) is 2. The van der Waals surface area contributed by atoms with Crippen molar-refractivity contribution in [1.82, 2.24) is 10.2 Å². The summed E-state index contributed by atoms with van der Waals surface area (Å²) in [5, 5.41) is 9.60. The van der Waals surface area contributed by atoms with Crippen molar-refractivity contribution < 1.29 is 4.79 Å². The van der Waals surface area contributed by atoms with Crippen LogP contribution in [0.5, 0.6) is 0 Å². The van der Waals surface area contributed by atoms with Crippen molar-refractivity contribution in [2.75, 3.05) is 5.32 Å². The number of alkyl halides is 1. The van der Waals surface area contributed by atoms with Gasteiger partial charge in [0.1, 0.15) is 0 Å². The molecule has 1 heterocycles. The summed E-state index contributed by atoms with van der Waals surface area (Å²) in [5.74, 6) is 0.744. The molecule has 2 N–H and O–H groups in total. The molecule has 0 radical (unpaired) electrons. The zero-order chi connectivity index (χ0) is 13.0. The van der Waals surface area contributed by atoms with E-state index >= 15 is 0 Å². The molecule has 1 aromatic carbocycles. The van der Waals surface area contributed by atoms with E-state index in [0.29, 0.717) is 17.3 Å². The van der Waals surface area contributed by atoms with Crippen LogP contribution in [0.4, 0.5) is 5.82 Å². The van der Waals surface area contributed by atoms with Crippen molar-refractivity contribution in [3.8, 4) is 0 Å². The maximum Gasteiger partial charge on any atom is 0.256 e. The number of anilines is 1. The van der Waals surface area contributed by atoms with Crippen LogP contribution in [0.25, 0.3) is 0 Å². The average molecular weight is 264 g/mol. The van der Waals surface area contributed by atoms with Crippen LogP contribution in [0.3, 0.4) is 0 Å². The number of nitrogens with zero attached hydrogens (tertiary/aromatic N) is 1. The second-order valence-corrected chi connectivity index (χ2v) is 4.19. The van der Waals surface area contributed by atoms with E-state index in [9.17, 15) is 4.79 Å². The predicted octanol–water partition coefficient (Wildman–Crippen LogP) is 2.96. The van der Waals surface area contributed by atoms with Gasteiger partial charge in [-0.05, 0) is 24.1 Å². The highest BCUT2D eigenvalue weighted by Gasteiger charge is 2.08. The SMILES string of the molecule is CCc1cc(NC(=O)c2cccc(CCl)c2)n[nH]1. The number of aryl methyl sites for hydroxylation is 1. The number of rotatable bonds is 4. The van der Waals surface area contributed by atoms with Gasteiger partial charge in [0.05, 0.1) is 0 Å². The number of halogens is 1. The molecule has 94 valence electrons. The first-order valence-electron chi connectivity index (χ1n) is 5.73. The van der Waals surface area contributed by atoms with E-state index in [4.69, 9.17) is 11.6 Å². The smallest absolute Gasteiger partial charge is 0.256 e. The molecule has 4 nitrogen and oxygen atoms in total. The lowest BCUT2D eigenvalue weighted by molar-refractivity contribution is 0.102. The highest BCUT2D eigenvalue weighted by molar-refractivity contribution is 6.17. The Labute approximate surface area is 110 Å². The van der Waals surface area contributed by atoms with Crippen LogP contribution in [0.15, 0.2) is 30.3 Å². The first-order valence-corrected chi connectivity index (χ1v) is 6.27. The molecule has 0 unspecified atom stereocenters. The van der Waals surface area contributed by atoms with Gasteiger partial charge < -0.3 is 5.32 Å². The first kappa shape index (κ1) is 12.6. The molecule has 0 fully saturated rings. The summed E-state index contributed by atoms with van der Waals surface area (Å²) in [7, 11) is 0. The summed E-state index contributed by atoms with van der Waals surface area (Å²) in [6, 6.07) is 9.04. The minimum absolute atomic E-state index is 0.184. The average Bonchev–Trinajstić information content (AvgIpc) is 2.86. The molecular weight excluding hydrogens is 250 g/mol. The Hall–Kier alpha value is -1.81. The van der Waals surface area contributed by atoms with Crippen molar-refractivity contribution in [2.45, 2.75) is 19.2 Å². The Morgan fingerprint density at radius 3 is 2.94 bits per heavy atom. The zero-order valence-corrected chi connectivity index (χ0v) is 10.8. The fourth-order valence-corrected chi connectivity index (χ4v) is 1.76. The van der Waals surface area contributed by atoms with Gasteiger partial charge in [0.25, 0.3) is 5.91 Å². The zero-order valence-electron chi connectivity index (χ0n) is 10.0. The van der Waals surface area contributed by atoms with Gasteiger partial charge in [-0.1, -0.05) is 19.1 Å². The Balaban J connectivity index is 2.11. The fourth-order valence-electron chi connectivity index (χ4n) is 1.59. The number of hydrogen-bond acceptors (Lipinski definition) is 2. The van der Waals surface area contributed by atoms with Gasteiger partial charge in [-0.3, -0.25) is 9.89 Å². The van der Waals surface area contributed by atoms with E-state index in [2.05, 4.69) is 15.5 Å². The molecule has 2 aromatic rings. The van der Waals surface area contributed by atoms with Gasteiger partial charge in [-0.25, -0.2) is 0 Å². The summed E-state index contributed by atoms with van der Waals surface area (Å²) in [4.78, 5) is 12.0. The van der Waals surface area contributed by atoms with Gasteiger partial charge in [-0.15, -0.1) is 11.6 Å². The lowest BCUT2D eigenvalue weighted by Gasteiger charge is -2.03. The van der Waals surface area contributed by atoms with Gasteiger partial charge in [0, 0.05) is 23.2 Å². The molecule has 0 aliphatic carbocycles. The monoisotopic (exact) mass is 263 g/mol. The van der Waals surface area contributed by atoms with E-state index in [1.807, 2.05) is 25.1 Å². The summed E-state index contributed by atoms with van der Waals surface area (Å²) in [6.07, 6.45) is 0.852. The number of aromatic amines is 1. The number of carbonyl (C=O) groups is 1. The molecule has 2 rings (SSSR count). The van der Waals surface area contributed by atoms with Crippen molar-refractivity contribution in [3.05, 3.63) is 47.2 Å². The highest BCUT2D eigenvalue weighted by atomic mass is 35.5. The Bertz CT molecular complexity index is 551. The second-order valence-electron chi connectivity index (χ2n) is 3.92. The molecule has 5 heteroatoms. The van der Waals surface area contributed by atoms with Crippen LogP contribution < -0.4 is 5.32 Å². The number of benzene rings is 1. The van der Waals surface area contributed by atoms with E-state index in [1.165, 1.54) is 0 Å². The molecule has 0 saturated carbocycles. The molecule has 0 bridgehead atoms. The maximum absolute atomic E-state index is 12.0. The van der Waals surface area contributed by atoms with E-state index < -0.39 is 0 Å². The Morgan fingerprint density at radius 2 is 2.28 bits per heavy atom. The highest BCUT2D eigenvalue weighted by Crippen LogP contribution is 2.11. The Kier molecular flexibility index (Phi) is 3.99. The number of nitrogens with one attached hydrogen (secondary N) is 2. The molecular formula is C13H14ClN3O. The molecule has 0 aliphatic heterocycles. The lowest BCUT2D eigenvalue weighted by Crippen LogP contribution is -2.12. The van der Waals surface area contributed by atoms with Crippen LogP contribution in [0.1, 0.15) is 28.5 Å². The van der Waals surface area contributed by atoms with Crippen molar-refractivity contribution in [3.63, 3.8) is 0 Å². The van der Waals surface area contributed by atoms with Gasteiger partial charge >= 0.3 is 0 Å². The second kappa shape index (κ2) is 5.69. The minimum Gasteiger partial charge on any atom is -0.305 e. The summed E-state index contributed by atoms with van der Waals surface area (Å²) < 4.78 is 0. The minimum atomic E-state index is -0.184. The molecule has 1 aromatic heterocycles. The molecule has 18 heavy (non-hydrogen) atoms. The van der Waals surface area contributed by atoms with Crippen LogP contribution in [0, 0.1) is 0 Å². The predicted molar refractivity (Wildman–Crippen MR) is 71.9 cm³/mol. The number of aromatic nitrogens is 2. The lowest BCUT2D eigenvalue weighted by atomic mass is 10.1. The summed E-state index contributed by atoms with van der Waals surface area (Å²) in [5.41, 5.74) is 2.48. The van der Waals surface area contributed by atoms with Crippen LogP contribution in [-0.4, -0.2) is 16.1 Å². The van der Waals surface area contributed by atoms with Crippen molar-refractivity contribution >= 4 is 23.3 Å². The third-order valence-electron chi connectivity index (χ3n) is 2.60. The largest absolute Gasteiger partial charge is 0.305 e. The number of carbonyl (C=O) groups excluding carboxylic acids is 1.